The summed E-state index contributed by atoms with van der Waals surface area (Å²) in [6.07, 6.45) is 3.41. The van der Waals surface area contributed by atoms with Gasteiger partial charge in [-0.15, -0.1) is 10.2 Å². The zero-order valence-corrected chi connectivity index (χ0v) is 18.2. The maximum atomic E-state index is 14.5. The first-order valence-corrected chi connectivity index (χ1v) is 10.8. The fourth-order valence-corrected chi connectivity index (χ4v) is 4.21. The molecule has 0 radical (unpaired) electrons. The SMILES string of the molecule is Cc1nnc(-c2cnc3cnc(NC(=O)N4CCC(NC(C)C)C(F)(F)C4)cc3c2)s1. The molecule has 0 aliphatic carbocycles. The molecule has 1 aliphatic heterocycles. The number of hydrogen-bond donors (Lipinski definition) is 2. The highest BCUT2D eigenvalue weighted by Crippen LogP contribution is 2.29. The van der Waals surface area contributed by atoms with E-state index in [1.807, 2.05) is 26.8 Å². The summed E-state index contributed by atoms with van der Waals surface area (Å²) in [5.74, 6) is -2.73. The number of urea groups is 1. The maximum Gasteiger partial charge on any atom is 0.323 e. The van der Waals surface area contributed by atoms with Crippen LogP contribution in [0.4, 0.5) is 19.4 Å². The minimum Gasteiger partial charge on any atom is -0.318 e. The second-order valence-corrected chi connectivity index (χ2v) is 9.07. The number of hydrogen-bond acceptors (Lipinski definition) is 7. The van der Waals surface area contributed by atoms with Crippen molar-refractivity contribution in [1.82, 2.24) is 30.4 Å². The summed E-state index contributed by atoms with van der Waals surface area (Å²) in [4.78, 5) is 22.3. The topological polar surface area (TPSA) is 95.9 Å². The number of likely N-dealkylation sites (tertiary alicyclic amines) is 1. The zero-order valence-electron chi connectivity index (χ0n) is 17.4. The highest BCUT2D eigenvalue weighted by molar-refractivity contribution is 7.14. The van der Waals surface area contributed by atoms with E-state index in [0.717, 1.165) is 25.9 Å². The summed E-state index contributed by atoms with van der Waals surface area (Å²) in [5, 5.41) is 16.0. The molecular weight excluding hydrogens is 424 g/mol. The van der Waals surface area contributed by atoms with Crippen molar-refractivity contribution in [2.75, 3.05) is 18.4 Å². The smallest absolute Gasteiger partial charge is 0.318 e. The molecule has 11 heteroatoms. The van der Waals surface area contributed by atoms with Gasteiger partial charge < -0.3 is 10.2 Å². The van der Waals surface area contributed by atoms with Crippen molar-refractivity contribution in [3.05, 3.63) is 29.5 Å². The van der Waals surface area contributed by atoms with E-state index in [9.17, 15) is 13.6 Å². The number of carbonyl (C=O) groups excluding carboxylic acids is 1. The summed E-state index contributed by atoms with van der Waals surface area (Å²) in [6.45, 7) is 5.12. The van der Waals surface area contributed by atoms with Gasteiger partial charge in [-0.3, -0.25) is 10.3 Å². The Labute approximate surface area is 182 Å². The molecule has 8 nitrogen and oxygen atoms in total. The average Bonchev–Trinajstić information content (AvgIpc) is 3.15. The zero-order chi connectivity index (χ0) is 22.2. The lowest BCUT2D eigenvalue weighted by Gasteiger charge is -2.39. The van der Waals surface area contributed by atoms with Crippen molar-refractivity contribution in [2.45, 2.75) is 45.2 Å². The van der Waals surface area contributed by atoms with Gasteiger partial charge in [0.15, 0.2) is 0 Å². The first-order valence-electron chi connectivity index (χ1n) is 9.97. The summed E-state index contributed by atoms with van der Waals surface area (Å²) < 4.78 is 29.0. The van der Waals surface area contributed by atoms with Crippen LogP contribution in [-0.2, 0) is 0 Å². The normalized spacial score (nSPS) is 18.5. The van der Waals surface area contributed by atoms with Gasteiger partial charge in [-0.25, -0.2) is 18.6 Å². The van der Waals surface area contributed by atoms with Gasteiger partial charge in [-0.2, -0.15) is 0 Å². The van der Waals surface area contributed by atoms with Crippen LogP contribution in [-0.4, -0.2) is 62.2 Å². The molecule has 0 spiro atoms. The Morgan fingerprint density at radius 2 is 2.06 bits per heavy atom. The van der Waals surface area contributed by atoms with Crippen LogP contribution in [0, 0.1) is 6.92 Å². The molecule has 31 heavy (non-hydrogen) atoms. The molecular formula is C20H23F2N7OS. The van der Waals surface area contributed by atoms with E-state index in [2.05, 4.69) is 30.8 Å². The number of amides is 2. The van der Waals surface area contributed by atoms with Crippen LogP contribution < -0.4 is 10.6 Å². The van der Waals surface area contributed by atoms with Crippen molar-refractivity contribution in [3.63, 3.8) is 0 Å². The molecule has 4 heterocycles. The molecule has 4 rings (SSSR count). The molecule has 0 saturated carbocycles. The van der Waals surface area contributed by atoms with E-state index in [1.165, 1.54) is 17.5 Å². The van der Waals surface area contributed by atoms with Crippen molar-refractivity contribution in [3.8, 4) is 10.6 Å². The monoisotopic (exact) mass is 447 g/mol. The minimum absolute atomic E-state index is 0.0550. The summed E-state index contributed by atoms with van der Waals surface area (Å²) in [7, 11) is 0. The van der Waals surface area contributed by atoms with Gasteiger partial charge in [0, 0.05) is 29.7 Å². The van der Waals surface area contributed by atoms with Crippen LogP contribution in [0.3, 0.4) is 0 Å². The fraction of sp³-hybridized carbons (Fsp3) is 0.450. The van der Waals surface area contributed by atoms with Gasteiger partial charge in [-0.05, 0) is 25.5 Å². The first kappa shape index (κ1) is 21.4. The van der Waals surface area contributed by atoms with Gasteiger partial charge in [0.05, 0.1) is 24.3 Å². The summed E-state index contributed by atoms with van der Waals surface area (Å²) >= 11 is 1.46. The van der Waals surface area contributed by atoms with Crippen LogP contribution in [0.2, 0.25) is 0 Å². The molecule has 0 bridgehead atoms. The Morgan fingerprint density at radius 3 is 2.74 bits per heavy atom. The number of piperidine rings is 1. The molecule has 1 fully saturated rings. The number of alkyl halides is 2. The van der Waals surface area contributed by atoms with Crippen LogP contribution >= 0.6 is 11.3 Å². The van der Waals surface area contributed by atoms with E-state index < -0.39 is 24.5 Å². The Kier molecular flexibility index (Phi) is 5.80. The predicted molar refractivity (Wildman–Crippen MR) is 115 cm³/mol. The highest BCUT2D eigenvalue weighted by Gasteiger charge is 2.46. The van der Waals surface area contributed by atoms with E-state index >= 15 is 0 Å². The van der Waals surface area contributed by atoms with Crippen molar-refractivity contribution in [1.29, 1.82) is 0 Å². The van der Waals surface area contributed by atoms with Crippen LogP contribution in [0.1, 0.15) is 25.3 Å². The first-order chi connectivity index (χ1) is 14.7. The second-order valence-electron chi connectivity index (χ2n) is 7.89. The van der Waals surface area contributed by atoms with Gasteiger partial charge in [0.1, 0.15) is 15.8 Å². The molecule has 0 aromatic carbocycles. The van der Waals surface area contributed by atoms with Crippen LogP contribution in [0.15, 0.2) is 24.5 Å². The van der Waals surface area contributed by atoms with E-state index in [0.29, 0.717) is 5.52 Å². The van der Waals surface area contributed by atoms with Crippen LogP contribution in [0.5, 0.6) is 0 Å². The molecule has 1 aliphatic rings. The lowest BCUT2D eigenvalue weighted by Crippen LogP contribution is -2.60. The van der Waals surface area contributed by atoms with Crippen LogP contribution in [0.25, 0.3) is 21.5 Å². The van der Waals surface area contributed by atoms with Gasteiger partial charge in [-0.1, -0.05) is 25.2 Å². The number of aromatic nitrogens is 4. The maximum absolute atomic E-state index is 14.5. The molecule has 3 aromatic rings. The molecule has 3 aromatic heterocycles. The third-order valence-electron chi connectivity index (χ3n) is 5.00. The third kappa shape index (κ3) is 4.77. The number of aryl methyl sites for hydroxylation is 1. The molecule has 1 saturated heterocycles. The van der Waals surface area contributed by atoms with E-state index in [4.69, 9.17) is 0 Å². The number of rotatable bonds is 4. The van der Waals surface area contributed by atoms with Gasteiger partial charge >= 0.3 is 6.03 Å². The van der Waals surface area contributed by atoms with Gasteiger partial charge in [0.25, 0.3) is 5.92 Å². The number of pyridine rings is 2. The standard InChI is InChI=1S/C20H23F2N7OS/c1-11(2)25-16-4-5-29(10-20(16,21)22)19(30)26-17-7-13-6-14(8-23-15(13)9-24-17)18-28-27-12(3)31-18/h6-9,11,16,25H,4-5,10H2,1-3H3,(H,24,26,30). The number of anilines is 1. The molecule has 164 valence electrons. The second kappa shape index (κ2) is 8.39. The quantitative estimate of drug-likeness (QED) is 0.633. The summed E-state index contributed by atoms with van der Waals surface area (Å²) in [6, 6.07) is 1.96. The van der Waals surface area contributed by atoms with Crippen molar-refractivity contribution >= 4 is 34.1 Å². The number of fused-ring (bicyclic) bond motifs is 1. The number of nitrogens with one attached hydrogen (secondary N) is 2. The molecule has 2 amide bonds. The predicted octanol–water partition coefficient (Wildman–Crippen LogP) is 3.70. The Hall–Kier alpha value is -2.79. The number of carbonyl (C=O) groups is 1. The third-order valence-corrected chi connectivity index (χ3v) is 5.88. The fourth-order valence-electron chi connectivity index (χ4n) is 3.54. The summed E-state index contributed by atoms with van der Waals surface area (Å²) in [5.41, 5.74) is 1.45. The highest BCUT2D eigenvalue weighted by atomic mass is 32.1. The lowest BCUT2D eigenvalue weighted by molar-refractivity contribution is -0.0804. The average molecular weight is 448 g/mol. The Balaban J connectivity index is 1.48. The lowest BCUT2D eigenvalue weighted by atomic mass is 10.00. The van der Waals surface area contributed by atoms with Crippen molar-refractivity contribution in [2.24, 2.45) is 0 Å². The Morgan fingerprint density at radius 1 is 1.26 bits per heavy atom. The molecule has 1 atom stereocenters. The Bertz CT molecular complexity index is 1100. The van der Waals surface area contributed by atoms with Crippen molar-refractivity contribution < 1.29 is 13.6 Å². The largest absolute Gasteiger partial charge is 0.323 e. The minimum atomic E-state index is -3.00. The van der Waals surface area contributed by atoms with E-state index in [-0.39, 0.29) is 24.8 Å². The molecule has 1 unspecified atom stereocenters. The molecule has 2 N–H and O–H groups in total. The number of halogens is 2. The number of nitrogens with zero attached hydrogens (tertiary/aromatic N) is 5. The van der Waals surface area contributed by atoms with Gasteiger partial charge in [0.2, 0.25) is 0 Å². The van der Waals surface area contributed by atoms with E-state index in [1.54, 1.807) is 12.3 Å².